The molecule has 1 aromatic heterocycles. The Balaban J connectivity index is 2.51. The SMILES string of the molecule is CCN(c1cccc(O)c1)S(=O)(=O)c1cnc(Cl)c(Cl)c1. The topological polar surface area (TPSA) is 70.5 Å². The minimum Gasteiger partial charge on any atom is -0.508 e. The van der Waals surface area contributed by atoms with Gasteiger partial charge in [-0.15, -0.1) is 0 Å². The molecular weight excluding hydrogens is 335 g/mol. The quantitative estimate of drug-likeness (QED) is 0.862. The van der Waals surface area contributed by atoms with E-state index in [0.29, 0.717) is 5.69 Å². The number of phenols is 1. The highest BCUT2D eigenvalue weighted by Gasteiger charge is 2.25. The Morgan fingerprint density at radius 3 is 2.57 bits per heavy atom. The molecular formula is C13H12Cl2N2O3S. The molecule has 8 heteroatoms. The van der Waals surface area contributed by atoms with Crippen molar-refractivity contribution in [2.24, 2.45) is 0 Å². The molecule has 0 unspecified atom stereocenters. The first kappa shape index (κ1) is 15.9. The zero-order valence-electron chi connectivity index (χ0n) is 11.0. The number of anilines is 1. The van der Waals surface area contributed by atoms with Crippen molar-refractivity contribution in [2.75, 3.05) is 10.8 Å². The number of aromatic hydroxyl groups is 1. The summed E-state index contributed by atoms with van der Waals surface area (Å²) in [6.07, 6.45) is 1.15. The van der Waals surface area contributed by atoms with Crippen LogP contribution in [-0.2, 0) is 10.0 Å². The average Bonchev–Trinajstić information content (AvgIpc) is 2.42. The fraction of sp³-hybridized carbons (Fsp3) is 0.154. The Hall–Kier alpha value is -1.50. The summed E-state index contributed by atoms with van der Waals surface area (Å²) in [6, 6.07) is 7.23. The lowest BCUT2D eigenvalue weighted by molar-refractivity contribution is 0.475. The van der Waals surface area contributed by atoms with E-state index in [0.717, 1.165) is 10.5 Å². The Kier molecular flexibility index (Phi) is 4.61. The van der Waals surface area contributed by atoms with Crippen molar-refractivity contribution < 1.29 is 13.5 Å². The Bertz CT molecular complexity index is 766. The van der Waals surface area contributed by atoms with E-state index in [1.807, 2.05) is 0 Å². The highest BCUT2D eigenvalue weighted by Crippen LogP contribution is 2.28. The van der Waals surface area contributed by atoms with E-state index < -0.39 is 10.0 Å². The first-order valence-corrected chi connectivity index (χ1v) is 8.18. The molecule has 0 bridgehead atoms. The third kappa shape index (κ3) is 3.23. The highest BCUT2D eigenvalue weighted by atomic mass is 35.5. The molecule has 0 fully saturated rings. The van der Waals surface area contributed by atoms with E-state index in [-0.39, 0.29) is 27.4 Å². The number of halogens is 2. The molecule has 0 saturated heterocycles. The van der Waals surface area contributed by atoms with Crippen LogP contribution in [-0.4, -0.2) is 25.1 Å². The van der Waals surface area contributed by atoms with Gasteiger partial charge < -0.3 is 5.11 Å². The van der Waals surface area contributed by atoms with Gasteiger partial charge in [0.15, 0.2) is 0 Å². The van der Waals surface area contributed by atoms with Crippen molar-refractivity contribution in [1.82, 2.24) is 4.98 Å². The predicted octanol–water partition coefficient (Wildman–Crippen LogP) is 3.31. The summed E-state index contributed by atoms with van der Waals surface area (Å²) in [5, 5.41) is 9.60. The van der Waals surface area contributed by atoms with Crippen LogP contribution in [0.4, 0.5) is 5.69 Å². The Morgan fingerprint density at radius 1 is 1.29 bits per heavy atom. The van der Waals surface area contributed by atoms with Gasteiger partial charge in [-0.2, -0.15) is 0 Å². The standard InChI is InChI=1S/C13H12Cl2N2O3S/c1-2-17(9-4-3-5-10(18)6-9)21(19,20)11-7-12(14)13(15)16-8-11/h3-8,18H,2H2,1H3. The summed E-state index contributed by atoms with van der Waals surface area (Å²) in [4.78, 5) is 3.68. The van der Waals surface area contributed by atoms with Crippen LogP contribution in [0.5, 0.6) is 5.75 Å². The molecule has 1 N–H and O–H groups in total. The van der Waals surface area contributed by atoms with Gasteiger partial charge in [-0.05, 0) is 25.1 Å². The van der Waals surface area contributed by atoms with Crippen molar-refractivity contribution in [3.63, 3.8) is 0 Å². The molecule has 0 aliphatic carbocycles. The average molecular weight is 347 g/mol. The van der Waals surface area contributed by atoms with E-state index >= 15 is 0 Å². The first-order chi connectivity index (χ1) is 9.86. The third-order valence-corrected chi connectivity index (χ3v) is 5.32. The smallest absolute Gasteiger partial charge is 0.265 e. The summed E-state index contributed by atoms with van der Waals surface area (Å²) in [6.45, 7) is 1.87. The van der Waals surface area contributed by atoms with Gasteiger partial charge in [-0.25, -0.2) is 13.4 Å². The molecule has 5 nitrogen and oxygen atoms in total. The van der Waals surface area contributed by atoms with Crippen molar-refractivity contribution in [1.29, 1.82) is 0 Å². The number of hydrogen-bond acceptors (Lipinski definition) is 4. The molecule has 0 aliphatic rings. The van der Waals surface area contributed by atoms with Crippen LogP contribution in [0.25, 0.3) is 0 Å². The summed E-state index contributed by atoms with van der Waals surface area (Å²) in [7, 11) is -3.84. The van der Waals surface area contributed by atoms with Crippen LogP contribution in [0.2, 0.25) is 10.2 Å². The summed E-state index contributed by atoms with van der Waals surface area (Å²) < 4.78 is 26.4. The van der Waals surface area contributed by atoms with E-state index in [1.54, 1.807) is 19.1 Å². The van der Waals surface area contributed by atoms with Crippen LogP contribution in [0.15, 0.2) is 41.4 Å². The summed E-state index contributed by atoms with van der Waals surface area (Å²) in [5.41, 5.74) is 0.351. The number of phenolic OH excluding ortho intramolecular Hbond substituents is 1. The van der Waals surface area contributed by atoms with E-state index in [4.69, 9.17) is 23.2 Å². The van der Waals surface area contributed by atoms with Gasteiger partial charge in [0.1, 0.15) is 15.8 Å². The van der Waals surface area contributed by atoms with Crippen LogP contribution in [0, 0.1) is 0 Å². The van der Waals surface area contributed by atoms with E-state index in [9.17, 15) is 13.5 Å². The lowest BCUT2D eigenvalue weighted by atomic mass is 10.3. The molecule has 112 valence electrons. The maximum Gasteiger partial charge on any atom is 0.265 e. The van der Waals surface area contributed by atoms with Crippen molar-refractivity contribution in [3.05, 3.63) is 46.7 Å². The highest BCUT2D eigenvalue weighted by molar-refractivity contribution is 7.92. The number of nitrogens with zero attached hydrogens (tertiary/aromatic N) is 2. The van der Waals surface area contributed by atoms with Crippen molar-refractivity contribution in [2.45, 2.75) is 11.8 Å². The molecule has 0 saturated carbocycles. The molecule has 0 radical (unpaired) electrons. The van der Waals surface area contributed by atoms with E-state index in [2.05, 4.69) is 4.98 Å². The van der Waals surface area contributed by atoms with Gasteiger partial charge >= 0.3 is 0 Å². The fourth-order valence-corrected chi connectivity index (χ4v) is 3.58. The minimum absolute atomic E-state index is 0.0200. The molecule has 1 heterocycles. The minimum atomic E-state index is -3.84. The Labute approximate surface area is 132 Å². The van der Waals surface area contributed by atoms with Gasteiger partial charge in [0.05, 0.1) is 10.7 Å². The normalized spacial score (nSPS) is 11.4. The van der Waals surface area contributed by atoms with Gasteiger partial charge in [0.25, 0.3) is 10.0 Å². The second-order valence-electron chi connectivity index (χ2n) is 4.13. The van der Waals surface area contributed by atoms with Crippen LogP contribution in [0.1, 0.15) is 6.92 Å². The number of hydrogen-bond donors (Lipinski definition) is 1. The molecule has 0 spiro atoms. The lowest BCUT2D eigenvalue weighted by Crippen LogP contribution is -2.30. The number of pyridine rings is 1. The maximum atomic E-state index is 12.6. The zero-order chi connectivity index (χ0) is 15.6. The fourth-order valence-electron chi connectivity index (χ4n) is 1.81. The van der Waals surface area contributed by atoms with Crippen molar-refractivity contribution in [3.8, 4) is 5.75 Å². The summed E-state index contributed by atoms with van der Waals surface area (Å²) in [5.74, 6) is -0.0200. The predicted molar refractivity (Wildman–Crippen MR) is 82.6 cm³/mol. The van der Waals surface area contributed by atoms with Crippen LogP contribution >= 0.6 is 23.2 Å². The van der Waals surface area contributed by atoms with Gasteiger partial charge in [-0.1, -0.05) is 29.3 Å². The first-order valence-electron chi connectivity index (χ1n) is 5.99. The van der Waals surface area contributed by atoms with Crippen LogP contribution in [0.3, 0.4) is 0 Å². The molecule has 0 amide bonds. The molecule has 2 aromatic rings. The lowest BCUT2D eigenvalue weighted by Gasteiger charge is -2.23. The van der Waals surface area contributed by atoms with Gasteiger partial charge in [0, 0.05) is 18.8 Å². The second-order valence-corrected chi connectivity index (χ2v) is 6.76. The van der Waals surface area contributed by atoms with E-state index in [1.165, 1.54) is 18.2 Å². The molecule has 2 rings (SSSR count). The second kappa shape index (κ2) is 6.09. The number of sulfonamides is 1. The molecule has 0 aliphatic heterocycles. The summed E-state index contributed by atoms with van der Waals surface area (Å²) >= 11 is 11.5. The van der Waals surface area contributed by atoms with Crippen molar-refractivity contribution >= 4 is 38.9 Å². The van der Waals surface area contributed by atoms with Gasteiger partial charge in [-0.3, -0.25) is 4.31 Å². The molecule has 21 heavy (non-hydrogen) atoms. The monoisotopic (exact) mass is 346 g/mol. The third-order valence-electron chi connectivity index (χ3n) is 2.76. The van der Waals surface area contributed by atoms with Crippen LogP contribution < -0.4 is 4.31 Å². The number of rotatable bonds is 4. The molecule has 1 aromatic carbocycles. The zero-order valence-corrected chi connectivity index (χ0v) is 13.3. The maximum absolute atomic E-state index is 12.6. The number of aromatic nitrogens is 1. The molecule has 0 atom stereocenters. The number of benzene rings is 1. The van der Waals surface area contributed by atoms with Gasteiger partial charge in [0.2, 0.25) is 0 Å². The largest absolute Gasteiger partial charge is 0.508 e. The Morgan fingerprint density at radius 2 is 2.00 bits per heavy atom.